The Kier molecular flexibility index (Phi) is 4.81. The van der Waals surface area contributed by atoms with Gasteiger partial charge < -0.3 is 5.32 Å². The Labute approximate surface area is 142 Å². The van der Waals surface area contributed by atoms with Gasteiger partial charge in [0.2, 0.25) is 0 Å². The lowest BCUT2D eigenvalue weighted by atomic mass is 10.1. The molecule has 24 heavy (non-hydrogen) atoms. The molecule has 0 bridgehead atoms. The topological polar surface area (TPSA) is 87.7 Å². The molecule has 2 heterocycles. The van der Waals surface area contributed by atoms with E-state index in [1.54, 1.807) is 6.07 Å². The number of aromatic nitrogens is 3. The summed E-state index contributed by atoms with van der Waals surface area (Å²) in [7, 11) is 0. The average molecular weight is 340 g/mol. The predicted molar refractivity (Wildman–Crippen MR) is 94.0 cm³/mol. The van der Waals surface area contributed by atoms with Crippen molar-refractivity contribution in [1.29, 1.82) is 0 Å². The zero-order valence-electron chi connectivity index (χ0n) is 13.1. The minimum absolute atomic E-state index is 0.199. The molecule has 0 saturated heterocycles. The van der Waals surface area contributed by atoms with E-state index in [1.807, 2.05) is 37.3 Å². The lowest BCUT2D eigenvalue weighted by Crippen LogP contribution is -2.23. The maximum Gasteiger partial charge on any atom is 0.280 e. The van der Waals surface area contributed by atoms with Crippen molar-refractivity contribution in [3.63, 3.8) is 0 Å². The highest BCUT2D eigenvalue weighted by molar-refractivity contribution is 7.17. The fourth-order valence-corrected chi connectivity index (χ4v) is 3.14. The first-order valence-electron chi connectivity index (χ1n) is 7.59. The van der Waals surface area contributed by atoms with Crippen LogP contribution in [-0.4, -0.2) is 27.6 Å². The van der Waals surface area contributed by atoms with Gasteiger partial charge in [-0.15, -0.1) is 11.3 Å². The van der Waals surface area contributed by atoms with Crippen LogP contribution in [0.3, 0.4) is 0 Å². The number of aromatic amines is 1. The maximum absolute atomic E-state index is 12.2. The third kappa shape index (κ3) is 3.41. The Morgan fingerprint density at radius 2 is 2.00 bits per heavy atom. The summed E-state index contributed by atoms with van der Waals surface area (Å²) in [6.45, 7) is 2.60. The van der Waals surface area contributed by atoms with E-state index in [1.165, 1.54) is 17.4 Å². The van der Waals surface area contributed by atoms with Gasteiger partial charge in [0, 0.05) is 18.2 Å². The number of nitrogens with zero attached hydrogens (tertiary/aromatic N) is 2. The first kappa shape index (κ1) is 16.1. The van der Waals surface area contributed by atoms with Gasteiger partial charge in [-0.25, -0.2) is 10.1 Å². The Balaban J connectivity index is 2.08. The molecule has 0 unspecified atom stereocenters. The van der Waals surface area contributed by atoms with Crippen LogP contribution >= 0.6 is 11.3 Å². The van der Waals surface area contributed by atoms with Crippen molar-refractivity contribution in [2.45, 2.75) is 13.3 Å². The molecule has 0 fully saturated rings. The van der Waals surface area contributed by atoms with Crippen molar-refractivity contribution >= 4 is 17.2 Å². The molecule has 1 aromatic carbocycles. The van der Waals surface area contributed by atoms with Crippen LogP contribution in [0.25, 0.3) is 21.8 Å². The smallest absolute Gasteiger partial charge is 0.280 e. The third-order valence-electron chi connectivity index (χ3n) is 3.32. The molecule has 0 atom stereocenters. The van der Waals surface area contributed by atoms with Crippen LogP contribution in [0.1, 0.15) is 23.1 Å². The number of carbonyl (C=O) groups excluding carboxylic acids is 1. The average Bonchev–Trinajstić information content (AvgIpc) is 3.06. The minimum atomic E-state index is -0.273. The van der Waals surface area contributed by atoms with E-state index in [-0.39, 0.29) is 11.5 Å². The van der Waals surface area contributed by atoms with Crippen LogP contribution < -0.4 is 10.9 Å². The van der Waals surface area contributed by atoms with E-state index < -0.39 is 0 Å². The van der Waals surface area contributed by atoms with Crippen LogP contribution in [0.15, 0.2) is 47.3 Å². The summed E-state index contributed by atoms with van der Waals surface area (Å²) in [5.74, 6) is -0.199. The molecule has 0 saturated carbocycles. The normalized spacial score (nSPS) is 10.5. The van der Waals surface area contributed by atoms with Gasteiger partial charge in [0.25, 0.3) is 11.5 Å². The largest absolute Gasteiger partial charge is 0.350 e. The summed E-state index contributed by atoms with van der Waals surface area (Å²) in [5, 5.41) is 9.71. The summed E-state index contributed by atoms with van der Waals surface area (Å²) in [6, 6.07) is 12.6. The number of carbonyl (C=O) groups is 1. The fourth-order valence-electron chi connectivity index (χ4n) is 2.17. The van der Waals surface area contributed by atoms with Crippen molar-refractivity contribution in [1.82, 2.24) is 20.5 Å². The van der Waals surface area contributed by atoms with Crippen molar-refractivity contribution < 1.29 is 4.79 Å². The van der Waals surface area contributed by atoms with Crippen LogP contribution in [-0.2, 0) is 0 Å². The van der Waals surface area contributed by atoms with E-state index in [0.29, 0.717) is 22.9 Å². The number of H-pyrrole nitrogens is 1. The molecule has 122 valence electrons. The highest BCUT2D eigenvalue weighted by atomic mass is 32.1. The summed E-state index contributed by atoms with van der Waals surface area (Å²) in [4.78, 5) is 28.7. The van der Waals surface area contributed by atoms with Gasteiger partial charge in [0.15, 0.2) is 5.01 Å². The quantitative estimate of drug-likeness (QED) is 0.747. The van der Waals surface area contributed by atoms with E-state index in [0.717, 1.165) is 16.9 Å². The van der Waals surface area contributed by atoms with Crippen LogP contribution in [0, 0.1) is 0 Å². The molecule has 3 aromatic rings. The lowest BCUT2D eigenvalue weighted by Gasteiger charge is -2.01. The number of thiazole rings is 1. The van der Waals surface area contributed by atoms with Gasteiger partial charge in [-0.1, -0.05) is 37.3 Å². The number of benzene rings is 1. The van der Waals surface area contributed by atoms with E-state index in [2.05, 4.69) is 20.5 Å². The Bertz CT molecular complexity index is 882. The number of amides is 1. The predicted octanol–water partition coefficient (Wildman–Crippen LogP) is 2.70. The number of hydrogen-bond donors (Lipinski definition) is 2. The minimum Gasteiger partial charge on any atom is -0.350 e. The second kappa shape index (κ2) is 7.18. The molecular weight excluding hydrogens is 324 g/mol. The van der Waals surface area contributed by atoms with Gasteiger partial charge in [-0.05, 0) is 12.5 Å². The number of rotatable bonds is 5. The highest BCUT2D eigenvalue weighted by Crippen LogP contribution is 2.35. The van der Waals surface area contributed by atoms with Crippen LogP contribution in [0.2, 0.25) is 0 Å². The molecule has 0 spiro atoms. The van der Waals surface area contributed by atoms with E-state index >= 15 is 0 Å². The first-order valence-corrected chi connectivity index (χ1v) is 8.41. The van der Waals surface area contributed by atoms with Crippen molar-refractivity contribution in [2.75, 3.05) is 6.54 Å². The summed E-state index contributed by atoms with van der Waals surface area (Å²) < 4.78 is 0. The second-order valence-corrected chi connectivity index (χ2v) is 6.12. The Morgan fingerprint density at radius 1 is 1.21 bits per heavy atom. The second-order valence-electron chi connectivity index (χ2n) is 5.13. The number of nitrogens with one attached hydrogen (secondary N) is 2. The Morgan fingerprint density at radius 3 is 2.67 bits per heavy atom. The Hall–Kier alpha value is -2.80. The molecule has 2 N–H and O–H groups in total. The number of hydrogen-bond acceptors (Lipinski definition) is 5. The van der Waals surface area contributed by atoms with E-state index in [9.17, 15) is 9.59 Å². The summed E-state index contributed by atoms with van der Waals surface area (Å²) in [5.41, 5.74) is 1.89. The molecule has 0 aliphatic rings. The lowest BCUT2D eigenvalue weighted by molar-refractivity contribution is 0.0953. The molecule has 2 aromatic heterocycles. The highest BCUT2D eigenvalue weighted by Gasteiger charge is 2.19. The van der Waals surface area contributed by atoms with Crippen molar-refractivity contribution in [3.05, 3.63) is 57.8 Å². The monoisotopic (exact) mass is 340 g/mol. The van der Waals surface area contributed by atoms with Crippen molar-refractivity contribution in [3.8, 4) is 21.8 Å². The zero-order valence-corrected chi connectivity index (χ0v) is 13.9. The standard InChI is InChI=1S/C17H16N4O2S/c1-2-10-18-16(23)17-19-14(11-6-4-3-5-7-11)15(24-17)12-8-9-13(22)21-20-12/h3-9H,2,10H2,1H3,(H,18,23)(H,21,22). The fraction of sp³-hybridized carbons (Fsp3) is 0.176. The summed E-state index contributed by atoms with van der Waals surface area (Å²) >= 11 is 1.26. The van der Waals surface area contributed by atoms with Gasteiger partial charge in [0.05, 0.1) is 10.6 Å². The SMILES string of the molecule is CCCNC(=O)c1nc(-c2ccccc2)c(-c2ccc(=O)[nH]n2)s1. The third-order valence-corrected chi connectivity index (χ3v) is 4.39. The van der Waals surface area contributed by atoms with Crippen LogP contribution in [0.4, 0.5) is 0 Å². The molecule has 0 aliphatic carbocycles. The van der Waals surface area contributed by atoms with E-state index in [4.69, 9.17) is 0 Å². The molecule has 0 aliphatic heterocycles. The van der Waals surface area contributed by atoms with Gasteiger partial charge in [-0.2, -0.15) is 5.10 Å². The van der Waals surface area contributed by atoms with Crippen LogP contribution in [0.5, 0.6) is 0 Å². The zero-order chi connectivity index (χ0) is 16.9. The first-order chi connectivity index (χ1) is 11.7. The van der Waals surface area contributed by atoms with Gasteiger partial charge in [0.1, 0.15) is 5.69 Å². The molecule has 7 heteroatoms. The molecular formula is C17H16N4O2S. The molecule has 3 rings (SSSR count). The van der Waals surface area contributed by atoms with Crippen molar-refractivity contribution in [2.24, 2.45) is 0 Å². The molecule has 0 radical (unpaired) electrons. The molecule has 6 nitrogen and oxygen atoms in total. The maximum atomic E-state index is 12.2. The summed E-state index contributed by atoms with van der Waals surface area (Å²) in [6.07, 6.45) is 0.858. The van der Waals surface area contributed by atoms with Gasteiger partial charge >= 0.3 is 0 Å². The molecule has 1 amide bonds. The van der Waals surface area contributed by atoms with Gasteiger partial charge in [-0.3, -0.25) is 9.59 Å².